The molecule has 1 aromatic heterocycles. The number of aromatic nitrogens is 1. The van der Waals surface area contributed by atoms with Crippen molar-refractivity contribution in [2.45, 2.75) is 73.0 Å². The van der Waals surface area contributed by atoms with Crippen molar-refractivity contribution in [3.8, 4) is 5.88 Å². The minimum atomic E-state index is 0.108. The fraction of sp³-hybridized carbons (Fsp3) is 0.722. The molecule has 1 rings (SSSR count). The lowest BCUT2D eigenvalue weighted by molar-refractivity contribution is 0.195. The predicted octanol–water partition coefficient (Wildman–Crippen LogP) is 4.22. The standard InChI is InChI=1S/C18H32N2O/c1-14(12-20-18(5,6)7)21-16-9-8-15(13-19-16)10-11-17(2,3)4/h8-9,13-14,20H,10-12H2,1-7H3/t14-/m0/s1. The van der Waals surface area contributed by atoms with E-state index in [2.05, 4.69) is 64.8 Å². The Morgan fingerprint density at radius 1 is 1.14 bits per heavy atom. The molecule has 120 valence electrons. The van der Waals surface area contributed by atoms with Crippen molar-refractivity contribution in [1.29, 1.82) is 0 Å². The Balaban J connectivity index is 2.43. The number of aryl methyl sites for hydroxylation is 1. The third-order valence-corrected chi connectivity index (χ3v) is 3.20. The summed E-state index contributed by atoms with van der Waals surface area (Å²) < 4.78 is 5.84. The molecule has 1 heterocycles. The van der Waals surface area contributed by atoms with E-state index in [0.717, 1.165) is 13.0 Å². The van der Waals surface area contributed by atoms with Crippen molar-refractivity contribution in [1.82, 2.24) is 10.3 Å². The van der Waals surface area contributed by atoms with Crippen LogP contribution in [0.2, 0.25) is 0 Å². The van der Waals surface area contributed by atoms with Crippen LogP contribution in [-0.4, -0.2) is 23.2 Å². The molecule has 0 aliphatic heterocycles. The largest absolute Gasteiger partial charge is 0.473 e. The Labute approximate surface area is 130 Å². The first-order chi connectivity index (χ1) is 9.55. The van der Waals surface area contributed by atoms with Crippen molar-refractivity contribution >= 4 is 0 Å². The van der Waals surface area contributed by atoms with Gasteiger partial charge in [-0.05, 0) is 51.5 Å². The third-order valence-electron chi connectivity index (χ3n) is 3.20. The van der Waals surface area contributed by atoms with Gasteiger partial charge in [0, 0.05) is 24.3 Å². The van der Waals surface area contributed by atoms with E-state index >= 15 is 0 Å². The average molecular weight is 292 g/mol. The highest BCUT2D eigenvalue weighted by atomic mass is 16.5. The summed E-state index contributed by atoms with van der Waals surface area (Å²) in [5.41, 5.74) is 1.75. The van der Waals surface area contributed by atoms with Crippen LogP contribution >= 0.6 is 0 Å². The molecule has 0 aliphatic rings. The molecule has 0 fully saturated rings. The zero-order chi connectivity index (χ0) is 16.1. The van der Waals surface area contributed by atoms with E-state index in [-0.39, 0.29) is 11.6 Å². The van der Waals surface area contributed by atoms with Crippen molar-refractivity contribution in [3.63, 3.8) is 0 Å². The second-order valence-corrected chi connectivity index (χ2v) is 8.12. The minimum Gasteiger partial charge on any atom is -0.473 e. The van der Waals surface area contributed by atoms with Crippen LogP contribution in [0.15, 0.2) is 18.3 Å². The van der Waals surface area contributed by atoms with Gasteiger partial charge in [-0.15, -0.1) is 0 Å². The van der Waals surface area contributed by atoms with Gasteiger partial charge >= 0.3 is 0 Å². The first kappa shape index (κ1) is 18.0. The highest BCUT2D eigenvalue weighted by Gasteiger charge is 2.13. The van der Waals surface area contributed by atoms with Gasteiger partial charge in [-0.3, -0.25) is 0 Å². The molecule has 0 aromatic carbocycles. The normalized spacial score (nSPS) is 14.0. The zero-order valence-electron chi connectivity index (χ0n) is 14.8. The van der Waals surface area contributed by atoms with Crippen LogP contribution in [0.5, 0.6) is 5.88 Å². The molecule has 0 spiro atoms. The summed E-state index contributed by atoms with van der Waals surface area (Å²) in [4.78, 5) is 4.41. The molecule has 0 bridgehead atoms. The summed E-state index contributed by atoms with van der Waals surface area (Å²) >= 11 is 0. The Kier molecular flexibility index (Phi) is 6.21. The van der Waals surface area contributed by atoms with Gasteiger partial charge in [-0.2, -0.15) is 0 Å². The van der Waals surface area contributed by atoms with E-state index in [0.29, 0.717) is 11.3 Å². The van der Waals surface area contributed by atoms with Crippen molar-refractivity contribution in [2.24, 2.45) is 5.41 Å². The van der Waals surface area contributed by atoms with Gasteiger partial charge in [-0.1, -0.05) is 26.8 Å². The lowest BCUT2D eigenvalue weighted by Crippen LogP contribution is -2.41. The smallest absolute Gasteiger partial charge is 0.213 e. The molecular weight excluding hydrogens is 260 g/mol. The Morgan fingerprint density at radius 3 is 2.29 bits per heavy atom. The van der Waals surface area contributed by atoms with E-state index in [1.807, 2.05) is 12.3 Å². The van der Waals surface area contributed by atoms with Crippen LogP contribution in [0.1, 0.15) is 60.5 Å². The molecule has 1 atom stereocenters. The summed E-state index contributed by atoms with van der Waals surface area (Å²) in [7, 11) is 0. The SMILES string of the molecule is C[C@@H](CNC(C)(C)C)Oc1ccc(CCC(C)(C)C)cn1. The van der Waals surface area contributed by atoms with Crippen LogP contribution in [0, 0.1) is 5.41 Å². The topological polar surface area (TPSA) is 34.1 Å². The maximum atomic E-state index is 5.84. The number of hydrogen-bond donors (Lipinski definition) is 1. The van der Waals surface area contributed by atoms with Gasteiger partial charge in [0.1, 0.15) is 6.10 Å². The van der Waals surface area contributed by atoms with Crippen molar-refractivity contribution in [3.05, 3.63) is 23.9 Å². The van der Waals surface area contributed by atoms with Gasteiger partial charge in [0.15, 0.2) is 0 Å². The van der Waals surface area contributed by atoms with Gasteiger partial charge < -0.3 is 10.1 Å². The van der Waals surface area contributed by atoms with Gasteiger partial charge in [0.2, 0.25) is 5.88 Å². The van der Waals surface area contributed by atoms with Crippen molar-refractivity contribution < 1.29 is 4.74 Å². The first-order valence-electron chi connectivity index (χ1n) is 7.92. The minimum absolute atomic E-state index is 0.108. The number of hydrogen-bond acceptors (Lipinski definition) is 3. The highest BCUT2D eigenvalue weighted by Crippen LogP contribution is 2.21. The summed E-state index contributed by atoms with van der Waals surface area (Å²) in [5.74, 6) is 0.706. The molecule has 0 unspecified atom stereocenters. The second-order valence-electron chi connectivity index (χ2n) is 8.12. The van der Waals surface area contributed by atoms with Crippen molar-refractivity contribution in [2.75, 3.05) is 6.54 Å². The Bertz CT molecular complexity index is 412. The highest BCUT2D eigenvalue weighted by molar-refractivity contribution is 5.18. The molecule has 1 N–H and O–H groups in total. The molecule has 0 saturated heterocycles. The number of pyridine rings is 1. The van der Waals surface area contributed by atoms with E-state index < -0.39 is 0 Å². The number of nitrogens with one attached hydrogen (secondary N) is 1. The fourth-order valence-corrected chi connectivity index (χ4v) is 1.85. The van der Waals surface area contributed by atoms with Crippen LogP contribution in [0.25, 0.3) is 0 Å². The van der Waals surface area contributed by atoms with E-state index in [1.165, 1.54) is 12.0 Å². The maximum absolute atomic E-state index is 5.84. The number of ether oxygens (including phenoxy) is 1. The monoisotopic (exact) mass is 292 g/mol. The molecule has 0 aliphatic carbocycles. The molecular formula is C18H32N2O. The summed E-state index contributed by atoms with van der Waals surface area (Å²) in [6.07, 6.45) is 4.28. The summed E-state index contributed by atoms with van der Waals surface area (Å²) in [5, 5.41) is 3.44. The van der Waals surface area contributed by atoms with Gasteiger partial charge in [0.25, 0.3) is 0 Å². The number of nitrogens with zero attached hydrogens (tertiary/aromatic N) is 1. The zero-order valence-corrected chi connectivity index (χ0v) is 14.8. The van der Waals surface area contributed by atoms with Gasteiger partial charge in [-0.25, -0.2) is 4.98 Å². The van der Waals surface area contributed by atoms with Crippen LogP contribution in [-0.2, 0) is 6.42 Å². The van der Waals surface area contributed by atoms with E-state index in [4.69, 9.17) is 4.74 Å². The molecule has 1 aromatic rings. The molecule has 3 nitrogen and oxygen atoms in total. The Morgan fingerprint density at radius 2 is 1.81 bits per heavy atom. The van der Waals surface area contributed by atoms with Crippen LogP contribution in [0.4, 0.5) is 0 Å². The Hall–Kier alpha value is -1.09. The molecule has 3 heteroatoms. The molecule has 0 amide bonds. The quantitative estimate of drug-likeness (QED) is 0.852. The number of rotatable bonds is 6. The predicted molar refractivity (Wildman–Crippen MR) is 89.9 cm³/mol. The fourth-order valence-electron chi connectivity index (χ4n) is 1.85. The molecule has 0 saturated carbocycles. The van der Waals surface area contributed by atoms with E-state index in [9.17, 15) is 0 Å². The first-order valence-corrected chi connectivity index (χ1v) is 7.92. The maximum Gasteiger partial charge on any atom is 0.213 e. The average Bonchev–Trinajstić information content (AvgIpc) is 2.34. The lowest BCUT2D eigenvalue weighted by atomic mass is 9.89. The van der Waals surface area contributed by atoms with Crippen LogP contribution < -0.4 is 10.1 Å². The van der Waals surface area contributed by atoms with Crippen LogP contribution in [0.3, 0.4) is 0 Å². The summed E-state index contributed by atoms with van der Waals surface area (Å²) in [6.45, 7) is 16.1. The van der Waals surface area contributed by atoms with Gasteiger partial charge in [0.05, 0.1) is 0 Å². The second kappa shape index (κ2) is 7.26. The summed E-state index contributed by atoms with van der Waals surface area (Å²) in [6, 6.07) is 4.10. The van der Waals surface area contributed by atoms with E-state index in [1.54, 1.807) is 0 Å². The lowest BCUT2D eigenvalue weighted by Gasteiger charge is -2.23. The molecule has 21 heavy (non-hydrogen) atoms. The third kappa shape index (κ3) is 8.71. The molecule has 0 radical (unpaired) electrons.